The molecule has 18 rings (SSSR count). The quantitative estimate of drug-likeness (QED) is 0.0632. The van der Waals surface area contributed by atoms with Gasteiger partial charge in [-0.3, -0.25) is 14.4 Å². The Balaban J connectivity index is 0.000000129. The van der Waals surface area contributed by atoms with Crippen molar-refractivity contribution in [1.29, 1.82) is 0 Å². The monoisotopic (exact) mass is 1700 g/mol. The number of ketones is 5. The summed E-state index contributed by atoms with van der Waals surface area (Å²) in [6.07, 6.45) is 39.6. The maximum atomic E-state index is 13.3. The van der Waals surface area contributed by atoms with E-state index in [1.165, 1.54) is 25.4 Å². The van der Waals surface area contributed by atoms with Crippen molar-refractivity contribution >= 4 is 40.9 Å². The molecule has 0 unspecified atom stereocenters. The molecule has 0 aliphatic heterocycles. The van der Waals surface area contributed by atoms with Crippen molar-refractivity contribution in [3.05, 3.63) is 116 Å². The molecule has 12 saturated carbocycles. The van der Waals surface area contributed by atoms with Gasteiger partial charge in [0.2, 0.25) is 22.8 Å². The van der Waals surface area contributed by atoms with E-state index in [0.29, 0.717) is 109 Å². The van der Waals surface area contributed by atoms with Crippen molar-refractivity contribution in [1.82, 2.24) is 0 Å². The van der Waals surface area contributed by atoms with E-state index in [9.17, 15) is 48.9 Å². The van der Waals surface area contributed by atoms with Gasteiger partial charge in [0, 0.05) is 78.8 Å². The normalized spacial score (nSPS) is 44.6. The van der Waals surface area contributed by atoms with Gasteiger partial charge in [-0.15, -0.1) is 0 Å². The minimum atomic E-state index is -0.507. The smallest absolute Gasteiger partial charge is 0.305 e. The highest BCUT2D eigenvalue weighted by Gasteiger charge is 2.71. The topological polar surface area (TPSA) is 253 Å². The lowest BCUT2D eigenvalue weighted by atomic mass is 9.44. The first-order valence-corrected chi connectivity index (χ1v) is 47.9. The highest BCUT2D eigenvalue weighted by Crippen LogP contribution is 2.74. The molecule has 2 spiro atoms. The van der Waals surface area contributed by atoms with Crippen LogP contribution in [0.25, 0.3) is 19.4 Å². The van der Waals surface area contributed by atoms with Gasteiger partial charge in [0.05, 0.1) is 71.0 Å². The Kier molecular flexibility index (Phi) is 25.8. The highest BCUT2D eigenvalue weighted by atomic mass is 16.7. The van der Waals surface area contributed by atoms with Crippen LogP contribution in [0.3, 0.4) is 0 Å². The molecule has 124 heavy (non-hydrogen) atoms. The molecule has 12 fully saturated rings. The molecule has 3 N–H and O–H groups in total. The fourth-order valence-corrected chi connectivity index (χ4v) is 33.6. The van der Waals surface area contributed by atoms with Gasteiger partial charge in [-0.1, -0.05) is 143 Å². The van der Waals surface area contributed by atoms with Crippen molar-refractivity contribution < 1.29 is 77.3 Å². The van der Waals surface area contributed by atoms with Gasteiger partial charge >= 0.3 is 11.9 Å². The summed E-state index contributed by atoms with van der Waals surface area (Å²) < 4.78 is 33.4. The predicted molar refractivity (Wildman–Crippen MR) is 467 cm³/mol. The highest BCUT2D eigenvalue weighted by molar-refractivity contribution is 6.06. The lowest BCUT2D eigenvalue weighted by Gasteiger charge is -2.63. The van der Waals surface area contributed by atoms with Crippen LogP contribution in [-0.4, -0.2) is 129 Å². The maximum Gasteiger partial charge on any atom is 0.305 e. The number of fused-ring (bicyclic) bond motifs is 22. The molecule has 31 atom stereocenters. The van der Waals surface area contributed by atoms with Crippen LogP contribution < -0.4 is 0 Å². The summed E-state index contributed by atoms with van der Waals surface area (Å²) in [6.45, 7) is 53.3. The molecular weight excluding hydrogens is 1560 g/mol. The summed E-state index contributed by atoms with van der Waals surface area (Å²) >= 11 is 0. The summed E-state index contributed by atoms with van der Waals surface area (Å²) in [4.78, 5) is 102. The number of esters is 2. The Morgan fingerprint density at radius 2 is 0.935 bits per heavy atom. The average Bonchev–Trinajstić information content (AvgIpc) is 1.58. The van der Waals surface area contributed by atoms with E-state index in [-0.39, 0.29) is 180 Å². The van der Waals surface area contributed by atoms with E-state index in [0.717, 1.165) is 167 Å². The number of aliphatic hydroxyl groups is 3. The number of Topliss-reactive ketones (excluding diaryl/α,β-unsaturated/α-hetero) is 5. The number of hydrogen-bond acceptors (Lipinski definition) is 16. The van der Waals surface area contributed by atoms with Crippen molar-refractivity contribution in [3.8, 4) is 0 Å². The zero-order chi connectivity index (χ0) is 89.1. The molecule has 0 bridgehead atoms. The van der Waals surface area contributed by atoms with Gasteiger partial charge in [-0.2, -0.15) is 0 Å². The maximum absolute atomic E-state index is 13.3. The molecule has 0 aromatic rings. The Bertz CT molecular complexity index is 4590. The summed E-state index contributed by atoms with van der Waals surface area (Å²) in [5.74, 6) is 5.75. The van der Waals surface area contributed by atoms with Crippen molar-refractivity contribution in [2.24, 2.45) is 161 Å². The van der Waals surface area contributed by atoms with Gasteiger partial charge in [0.25, 0.3) is 0 Å². The van der Waals surface area contributed by atoms with Gasteiger partial charge in [-0.05, 0) is 276 Å². The third kappa shape index (κ3) is 14.4. The second kappa shape index (κ2) is 34.7. The Morgan fingerprint density at radius 1 is 0.476 bits per heavy atom. The first kappa shape index (κ1) is 92.1. The number of allylic oxidation sites excluding steroid dienone is 12. The number of hydrogen-bond donors (Lipinski definition) is 3. The summed E-state index contributed by atoms with van der Waals surface area (Å²) in [7, 11) is 6.16. The molecule has 0 saturated heterocycles. The van der Waals surface area contributed by atoms with Crippen LogP contribution in [0.1, 0.15) is 275 Å². The molecule has 20 heteroatoms. The van der Waals surface area contributed by atoms with Crippen LogP contribution in [0.2, 0.25) is 0 Å². The van der Waals surface area contributed by atoms with Gasteiger partial charge < -0.3 is 62.9 Å². The van der Waals surface area contributed by atoms with Crippen LogP contribution in [0, 0.1) is 187 Å². The summed E-state index contributed by atoms with van der Waals surface area (Å²) in [5, 5.41) is 33.5. The molecule has 0 aromatic carbocycles. The first-order valence-electron chi connectivity index (χ1n) is 47.9. The SMILES string of the molecule is [C-]#[N+]C1=C[C@@]2(C)C(=CC[C@@H]3[C@@H]2CC[C@]2(C)C(=O)CC[C@@H]32)C2(CCCC2)C1=O.[C-]#[N+]C1=C[C@@]2(C)C(=CC[C@H]3[C@@H]4CC[C@H](O)[C@@]4(C)CC[C@@H]32)C2(CCCC2)C1=O.[C-]#[N+]C1=C[C@@]2(C)[C@@H](CC1=O)C[C@@H](O)[C@@H]1[C@@H]2C[C@H](O)[C@]2(C)[C@@H]([C@H](C)CCC(=O)OC)CC[C@@H]12.[C-]#[N+]C1=C[C@@]2(C)[C@@H](CC1=O)C[C@@H](OCOC)[C@@H]1[C@@H]2C[C@H](OCOC)[C@]2(C)[C@@H]([C@H](C)CCC(=O)OC)CC[C@@H]12. The van der Waals surface area contributed by atoms with Crippen LogP contribution in [0.5, 0.6) is 0 Å². The Morgan fingerprint density at radius 3 is 1.44 bits per heavy atom. The fourth-order valence-electron chi connectivity index (χ4n) is 33.6. The molecule has 0 aromatic heterocycles. The van der Waals surface area contributed by atoms with Crippen molar-refractivity contribution in [3.63, 3.8) is 0 Å². The summed E-state index contributed by atoms with van der Waals surface area (Å²) in [6, 6.07) is 0. The minimum absolute atomic E-state index is 0.0180. The van der Waals surface area contributed by atoms with Crippen LogP contribution in [0.4, 0.5) is 0 Å². The van der Waals surface area contributed by atoms with Crippen molar-refractivity contribution in [2.75, 3.05) is 42.0 Å². The number of aliphatic hydroxyl groups excluding tert-OH is 3. The zero-order valence-electron chi connectivity index (χ0n) is 76.7. The van der Waals surface area contributed by atoms with Crippen LogP contribution in [-0.2, 0) is 62.0 Å². The number of carbonyl (C=O) groups is 7. The molecule has 18 aliphatic rings. The van der Waals surface area contributed by atoms with Crippen LogP contribution in [0.15, 0.2) is 70.4 Å². The molecule has 0 heterocycles. The second-order valence-electron chi connectivity index (χ2n) is 44.3. The van der Waals surface area contributed by atoms with Crippen molar-refractivity contribution in [2.45, 2.75) is 305 Å². The van der Waals surface area contributed by atoms with E-state index in [1.807, 2.05) is 18.2 Å². The minimum Gasteiger partial charge on any atom is -0.469 e. The summed E-state index contributed by atoms with van der Waals surface area (Å²) in [5.41, 5.74) is 1.71. The zero-order valence-corrected chi connectivity index (χ0v) is 76.7. The molecule has 674 valence electrons. The van der Waals surface area contributed by atoms with E-state index < -0.39 is 17.6 Å². The fraction of sp³-hybridized carbons (Fsp3) is 0.779. The number of methoxy groups -OCH3 is 4. The van der Waals surface area contributed by atoms with Gasteiger partial charge in [0.1, 0.15) is 19.4 Å². The molecule has 20 nitrogen and oxygen atoms in total. The Labute approximate surface area is 738 Å². The van der Waals surface area contributed by atoms with Gasteiger partial charge in [0.15, 0.2) is 23.1 Å². The predicted octanol–water partition coefficient (Wildman–Crippen LogP) is 19.1. The number of rotatable bonds is 14. The Hall–Kier alpha value is -6.59. The number of ether oxygens (including phenoxy) is 6. The first-order chi connectivity index (χ1) is 59.0. The van der Waals surface area contributed by atoms with E-state index in [1.54, 1.807) is 14.2 Å². The van der Waals surface area contributed by atoms with E-state index in [2.05, 4.69) is 107 Å². The molecule has 0 radical (unpaired) electrons. The largest absolute Gasteiger partial charge is 0.469 e. The second-order valence-corrected chi connectivity index (χ2v) is 44.3. The third-order valence-corrected chi connectivity index (χ3v) is 39.9. The molecule has 18 aliphatic carbocycles. The van der Waals surface area contributed by atoms with Gasteiger partial charge in [-0.25, -0.2) is 19.4 Å². The van der Waals surface area contributed by atoms with E-state index in [4.69, 9.17) is 54.7 Å². The molecule has 0 amide bonds. The van der Waals surface area contributed by atoms with Crippen LogP contribution >= 0.6 is 0 Å². The number of carbonyl (C=O) groups excluding carboxylic acids is 7. The lowest BCUT2D eigenvalue weighted by Crippen LogP contribution is -2.62. The third-order valence-electron chi connectivity index (χ3n) is 39.9. The standard InChI is InChI=1S/C30H45NO7.C26H37NO5.C24H31NO2.C24H29NO2/c1-18(8-11-27(33)36-7)20-9-10-21-28-22(14-26(30(20,21)3)38-17-35-6)29(2)15-23(31-4)24(32)12-19(29)13-25(28)37-16-34-5;1-14(6-9-23(31)32-5)16-7-8-17-24-18(12-22(30)26(16,17)3)25(2)13-19(27-4)20(28)10-15(25)11-21(24)29;2*1-22-13-10-17-15(16(22)7-9-20(22)26)6-8-19-23(17,2)14-18(25-3)21(27)24(19)11-4-5-12-24/h15,18-22,25-26,28H,8-14,16-17H2,1-3,5-7H3;13-18,21-22,24,29-30H,6-12H2,1-3,5H3;8,14-17,20,26H,4-7,9-13H2,1-2H3;8,14-17H,4-7,9-13H2,1-2H3/t18-,19+,20-,21+,22+,25-,26+,28+,29+,30-;14-,15+,16-,17+,18+,21-,22+,24+,25+,26-;15-,16-,17-,20-,22-,23+;15-,16-,17-,22-,23+/m1100/s1. The molecular formula is C104H142N4O16. The van der Waals surface area contributed by atoms with E-state index >= 15 is 0 Å². The average molecular weight is 1700 g/mol. The lowest BCUT2D eigenvalue weighted by molar-refractivity contribution is -0.233. The number of nitrogens with zero attached hydrogens (tertiary/aromatic N) is 4.